The average molecular weight is 228 g/mol. The van der Waals surface area contributed by atoms with Gasteiger partial charge in [0.05, 0.1) is 6.42 Å². The molecule has 1 aliphatic carbocycles. The normalized spacial score (nSPS) is 14.9. The number of nitrogens with zero attached hydrogens (tertiary/aromatic N) is 1. The second-order valence-corrected chi connectivity index (χ2v) is 4.65. The lowest BCUT2D eigenvalue weighted by Crippen LogP contribution is -2.43. The molecule has 2 N–H and O–H groups in total. The standard InChI is InChI=1S/C11H20N2O3/c1-8(2)7-13(9-3-4-9)11(16)12-6-5-10(14)15/h8-9H,3-7H2,1-2H3,(H,12,16)(H,14,15). The van der Waals surface area contributed by atoms with E-state index in [1.165, 1.54) is 0 Å². The summed E-state index contributed by atoms with van der Waals surface area (Å²) in [5, 5.41) is 11.1. The Morgan fingerprint density at radius 1 is 1.44 bits per heavy atom. The van der Waals surface area contributed by atoms with Gasteiger partial charge in [-0.15, -0.1) is 0 Å². The number of carbonyl (C=O) groups is 2. The molecule has 0 aromatic rings. The molecule has 0 spiro atoms. The highest BCUT2D eigenvalue weighted by atomic mass is 16.4. The van der Waals surface area contributed by atoms with Gasteiger partial charge in [0.25, 0.3) is 0 Å². The molecular weight excluding hydrogens is 208 g/mol. The van der Waals surface area contributed by atoms with E-state index in [4.69, 9.17) is 5.11 Å². The summed E-state index contributed by atoms with van der Waals surface area (Å²) in [7, 11) is 0. The van der Waals surface area contributed by atoms with E-state index in [0.29, 0.717) is 12.0 Å². The molecule has 0 unspecified atom stereocenters. The zero-order valence-corrected chi connectivity index (χ0v) is 9.90. The zero-order valence-electron chi connectivity index (χ0n) is 9.90. The number of amides is 2. The van der Waals surface area contributed by atoms with E-state index >= 15 is 0 Å². The van der Waals surface area contributed by atoms with Crippen LogP contribution in [-0.2, 0) is 4.79 Å². The van der Waals surface area contributed by atoms with Crippen molar-refractivity contribution in [2.75, 3.05) is 13.1 Å². The molecule has 0 atom stereocenters. The van der Waals surface area contributed by atoms with Gasteiger partial charge in [-0.2, -0.15) is 0 Å². The molecule has 2 amide bonds. The summed E-state index contributed by atoms with van der Waals surface area (Å²) in [5.74, 6) is -0.451. The molecule has 5 heteroatoms. The molecule has 1 fully saturated rings. The maximum absolute atomic E-state index is 11.8. The molecule has 0 bridgehead atoms. The second kappa shape index (κ2) is 5.72. The van der Waals surface area contributed by atoms with Gasteiger partial charge < -0.3 is 15.3 Å². The Morgan fingerprint density at radius 2 is 2.06 bits per heavy atom. The molecule has 92 valence electrons. The summed E-state index contributed by atoms with van der Waals surface area (Å²) in [6, 6.07) is 0.240. The second-order valence-electron chi connectivity index (χ2n) is 4.65. The quantitative estimate of drug-likeness (QED) is 0.719. The Bertz CT molecular complexity index is 262. The van der Waals surface area contributed by atoms with Crippen LogP contribution in [0.15, 0.2) is 0 Å². The molecule has 0 aromatic carbocycles. The maximum atomic E-state index is 11.8. The number of carboxylic acid groups (broad SMARTS) is 1. The Labute approximate surface area is 95.8 Å². The third-order valence-corrected chi connectivity index (χ3v) is 2.43. The Kier molecular flexibility index (Phi) is 4.58. The zero-order chi connectivity index (χ0) is 12.1. The molecule has 0 aromatic heterocycles. The van der Waals surface area contributed by atoms with Crippen LogP contribution < -0.4 is 5.32 Å². The van der Waals surface area contributed by atoms with E-state index < -0.39 is 5.97 Å². The van der Waals surface area contributed by atoms with Gasteiger partial charge in [-0.05, 0) is 18.8 Å². The van der Waals surface area contributed by atoms with Gasteiger partial charge in [0.2, 0.25) is 0 Å². The smallest absolute Gasteiger partial charge is 0.317 e. The van der Waals surface area contributed by atoms with E-state index in [0.717, 1.165) is 19.4 Å². The predicted molar refractivity (Wildman–Crippen MR) is 60.2 cm³/mol. The number of urea groups is 1. The van der Waals surface area contributed by atoms with Crippen molar-refractivity contribution < 1.29 is 14.7 Å². The van der Waals surface area contributed by atoms with Crippen molar-refractivity contribution in [3.63, 3.8) is 0 Å². The van der Waals surface area contributed by atoms with Crippen molar-refractivity contribution in [2.24, 2.45) is 5.92 Å². The molecule has 1 saturated carbocycles. The highest BCUT2D eigenvalue weighted by Gasteiger charge is 2.32. The van der Waals surface area contributed by atoms with E-state index in [-0.39, 0.29) is 19.0 Å². The highest BCUT2D eigenvalue weighted by Crippen LogP contribution is 2.27. The van der Waals surface area contributed by atoms with Gasteiger partial charge in [-0.1, -0.05) is 13.8 Å². The van der Waals surface area contributed by atoms with E-state index in [1.807, 2.05) is 4.90 Å². The summed E-state index contributed by atoms with van der Waals surface area (Å²) >= 11 is 0. The largest absolute Gasteiger partial charge is 0.481 e. The first-order valence-corrected chi connectivity index (χ1v) is 5.77. The van der Waals surface area contributed by atoms with Gasteiger partial charge in [0.15, 0.2) is 0 Å². The minimum atomic E-state index is -0.887. The van der Waals surface area contributed by atoms with Crippen LogP contribution in [0, 0.1) is 5.92 Å². The first-order valence-electron chi connectivity index (χ1n) is 5.77. The number of rotatable bonds is 6. The molecule has 0 radical (unpaired) electrons. The fourth-order valence-electron chi connectivity index (χ4n) is 1.56. The van der Waals surface area contributed by atoms with Crippen LogP contribution in [0.4, 0.5) is 4.79 Å². The minimum absolute atomic E-state index is 0.0219. The van der Waals surface area contributed by atoms with Crippen molar-refractivity contribution in [3.8, 4) is 0 Å². The summed E-state index contributed by atoms with van der Waals surface area (Å²) in [6.45, 7) is 5.08. The third kappa shape index (κ3) is 4.51. The summed E-state index contributed by atoms with van der Waals surface area (Å²) in [4.78, 5) is 23.9. The third-order valence-electron chi connectivity index (χ3n) is 2.43. The Morgan fingerprint density at radius 3 is 2.50 bits per heavy atom. The predicted octanol–water partition coefficient (Wildman–Crippen LogP) is 1.29. The molecule has 0 heterocycles. The van der Waals surface area contributed by atoms with Crippen LogP contribution in [0.3, 0.4) is 0 Å². The van der Waals surface area contributed by atoms with Crippen molar-refractivity contribution >= 4 is 12.0 Å². The molecular formula is C11H20N2O3. The van der Waals surface area contributed by atoms with Crippen LogP contribution in [0.1, 0.15) is 33.1 Å². The molecule has 5 nitrogen and oxygen atoms in total. The van der Waals surface area contributed by atoms with E-state index in [1.54, 1.807) is 0 Å². The van der Waals surface area contributed by atoms with Crippen LogP contribution in [-0.4, -0.2) is 41.1 Å². The highest BCUT2D eigenvalue weighted by molar-refractivity contribution is 5.75. The van der Waals surface area contributed by atoms with Gasteiger partial charge in [0, 0.05) is 19.1 Å². The van der Waals surface area contributed by atoms with E-state index in [2.05, 4.69) is 19.2 Å². The van der Waals surface area contributed by atoms with Crippen molar-refractivity contribution in [2.45, 2.75) is 39.2 Å². The van der Waals surface area contributed by atoms with Crippen LogP contribution in [0.2, 0.25) is 0 Å². The number of carbonyl (C=O) groups excluding carboxylic acids is 1. The van der Waals surface area contributed by atoms with Gasteiger partial charge in [-0.25, -0.2) is 4.79 Å². The van der Waals surface area contributed by atoms with Gasteiger partial charge in [0.1, 0.15) is 0 Å². The molecule has 1 aliphatic rings. The molecule has 0 saturated heterocycles. The molecule has 1 rings (SSSR count). The van der Waals surface area contributed by atoms with Gasteiger partial charge >= 0.3 is 12.0 Å². The monoisotopic (exact) mass is 228 g/mol. The van der Waals surface area contributed by atoms with Crippen LogP contribution in [0.5, 0.6) is 0 Å². The number of aliphatic carboxylic acids is 1. The van der Waals surface area contributed by atoms with Gasteiger partial charge in [-0.3, -0.25) is 4.79 Å². The summed E-state index contributed by atoms with van der Waals surface area (Å²) < 4.78 is 0. The maximum Gasteiger partial charge on any atom is 0.317 e. The SMILES string of the molecule is CC(C)CN(C(=O)NCCC(=O)O)C1CC1. The molecule has 0 aliphatic heterocycles. The van der Waals surface area contributed by atoms with Crippen molar-refractivity contribution in [3.05, 3.63) is 0 Å². The fraction of sp³-hybridized carbons (Fsp3) is 0.818. The lowest BCUT2D eigenvalue weighted by molar-refractivity contribution is -0.136. The number of hydrogen-bond acceptors (Lipinski definition) is 2. The van der Waals surface area contributed by atoms with Crippen molar-refractivity contribution in [1.82, 2.24) is 10.2 Å². The van der Waals surface area contributed by atoms with Crippen LogP contribution >= 0.6 is 0 Å². The lowest BCUT2D eigenvalue weighted by Gasteiger charge is -2.24. The fourth-order valence-corrected chi connectivity index (χ4v) is 1.56. The topological polar surface area (TPSA) is 69.6 Å². The lowest BCUT2D eigenvalue weighted by atomic mass is 10.2. The first kappa shape index (κ1) is 12.8. The minimum Gasteiger partial charge on any atom is -0.481 e. The molecule has 16 heavy (non-hydrogen) atoms. The number of hydrogen-bond donors (Lipinski definition) is 2. The van der Waals surface area contributed by atoms with E-state index in [9.17, 15) is 9.59 Å². The van der Waals surface area contributed by atoms with Crippen molar-refractivity contribution in [1.29, 1.82) is 0 Å². The summed E-state index contributed by atoms with van der Waals surface area (Å²) in [6.07, 6.45) is 2.12. The Balaban J connectivity index is 2.32. The first-order chi connectivity index (χ1) is 7.50. The average Bonchev–Trinajstić information content (AvgIpc) is 2.96. The van der Waals surface area contributed by atoms with Crippen LogP contribution in [0.25, 0.3) is 0 Å². The number of nitrogens with one attached hydrogen (secondary N) is 1. The summed E-state index contributed by atoms with van der Waals surface area (Å²) in [5.41, 5.74) is 0. The number of carboxylic acids is 1. The Hall–Kier alpha value is -1.26.